The Labute approximate surface area is 118 Å². The van der Waals surface area contributed by atoms with Crippen LogP contribution in [0.4, 0.5) is 0 Å². The quantitative estimate of drug-likeness (QED) is 0.786. The smallest absolute Gasteiger partial charge is 0.0992 e. The molecule has 1 spiro atoms. The third-order valence-electron chi connectivity index (χ3n) is 4.66. The summed E-state index contributed by atoms with van der Waals surface area (Å²) in [5, 5.41) is 9.03. The summed E-state index contributed by atoms with van der Waals surface area (Å²) in [6.07, 6.45) is 6.84. The van der Waals surface area contributed by atoms with Crippen molar-refractivity contribution in [2.75, 3.05) is 6.61 Å². The number of hydrogen-bond acceptors (Lipinski definition) is 3. The molecule has 1 saturated carbocycles. The summed E-state index contributed by atoms with van der Waals surface area (Å²) in [6, 6.07) is 7.89. The van der Waals surface area contributed by atoms with Gasteiger partial charge in [0.15, 0.2) is 0 Å². The SMILES string of the molecule is N#Cc1ccc2ncn(C[C@H]3CCCC4(CO4)C3)c2c1. The molecule has 1 aliphatic heterocycles. The minimum Gasteiger partial charge on any atom is -0.370 e. The number of hydrogen-bond donors (Lipinski definition) is 0. The molecule has 2 heterocycles. The molecule has 1 saturated heterocycles. The minimum atomic E-state index is 0.219. The first kappa shape index (κ1) is 11.9. The molecule has 1 aliphatic carbocycles. The van der Waals surface area contributed by atoms with Crippen molar-refractivity contribution in [3.8, 4) is 6.07 Å². The summed E-state index contributed by atoms with van der Waals surface area (Å²) in [5.41, 5.74) is 2.96. The van der Waals surface area contributed by atoms with Crippen LogP contribution < -0.4 is 0 Å². The number of aromatic nitrogens is 2. The van der Waals surface area contributed by atoms with E-state index in [0.717, 1.165) is 24.2 Å². The van der Waals surface area contributed by atoms with Crippen LogP contribution in [-0.2, 0) is 11.3 Å². The monoisotopic (exact) mass is 267 g/mol. The van der Waals surface area contributed by atoms with Crippen LogP contribution >= 0.6 is 0 Å². The molecule has 102 valence electrons. The number of imidazole rings is 1. The Hall–Kier alpha value is -1.86. The van der Waals surface area contributed by atoms with Crippen LogP contribution in [0.5, 0.6) is 0 Å². The van der Waals surface area contributed by atoms with Crippen molar-refractivity contribution in [2.45, 2.75) is 37.8 Å². The molecule has 1 unspecified atom stereocenters. The van der Waals surface area contributed by atoms with Gasteiger partial charge < -0.3 is 9.30 Å². The fourth-order valence-electron chi connectivity index (χ4n) is 3.51. The van der Waals surface area contributed by atoms with Gasteiger partial charge in [-0.25, -0.2) is 4.98 Å². The predicted octanol–water partition coefficient (Wildman–Crippen LogP) is 2.87. The van der Waals surface area contributed by atoms with Gasteiger partial charge >= 0.3 is 0 Å². The van der Waals surface area contributed by atoms with Crippen LogP contribution in [0.15, 0.2) is 24.5 Å². The molecule has 20 heavy (non-hydrogen) atoms. The fraction of sp³-hybridized carbons (Fsp3) is 0.500. The van der Waals surface area contributed by atoms with Gasteiger partial charge in [-0.2, -0.15) is 5.26 Å². The average molecular weight is 267 g/mol. The van der Waals surface area contributed by atoms with Crippen LogP contribution in [-0.4, -0.2) is 21.8 Å². The average Bonchev–Trinajstić information content (AvgIpc) is 3.09. The van der Waals surface area contributed by atoms with E-state index >= 15 is 0 Å². The molecule has 0 amide bonds. The van der Waals surface area contributed by atoms with Gasteiger partial charge in [0.05, 0.1) is 41.2 Å². The Bertz CT molecular complexity index is 693. The molecule has 2 atom stereocenters. The number of benzene rings is 1. The van der Waals surface area contributed by atoms with Gasteiger partial charge in [-0.05, 0) is 43.4 Å². The van der Waals surface area contributed by atoms with E-state index in [1.54, 1.807) is 0 Å². The lowest BCUT2D eigenvalue weighted by atomic mass is 9.81. The molecular formula is C16H17N3O. The van der Waals surface area contributed by atoms with Gasteiger partial charge in [-0.3, -0.25) is 0 Å². The van der Waals surface area contributed by atoms with Crippen LogP contribution in [0.3, 0.4) is 0 Å². The zero-order valence-corrected chi connectivity index (χ0v) is 11.4. The van der Waals surface area contributed by atoms with Gasteiger partial charge in [0.25, 0.3) is 0 Å². The van der Waals surface area contributed by atoms with E-state index in [1.165, 1.54) is 25.7 Å². The van der Waals surface area contributed by atoms with E-state index in [1.807, 2.05) is 24.5 Å². The number of rotatable bonds is 2. The first-order chi connectivity index (χ1) is 9.78. The maximum Gasteiger partial charge on any atom is 0.0992 e. The van der Waals surface area contributed by atoms with Crippen LogP contribution in [0, 0.1) is 17.2 Å². The molecule has 1 aromatic carbocycles. The maximum atomic E-state index is 9.03. The molecule has 4 nitrogen and oxygen atoms in total. The molecule has 0 N–H and O–H groups in total. The second kappa shape index (κ2) is 4.32. The third kappa shape index (κ3) is 1.99. The molecule has 4 rings (SSSR count). The first-order valence-corrected chi connectivity index (χ1v) is 7.27. The number of ether oxygens (including phenoxy) is 1. The van der Waals surface area contributed by atoms with Gasteiger partial charge in [-0.15, -0.1) is 0 Å². The van der Waals surface area contributed by atoms with Crippen LogP contribution in [0.1, 0.15) is 31.2 Å². The predicted molar refractivity (Wildman–Crippen MR) is 75.1 cm³/mol. The van der Waals surface area contributed by atoms with Crippen molar-refractivity contribution < 1.29 is 4.74 Å². The Morgan fingerprint density at radius 3 is 3.20 bits per heavy atom. The Morgan fingerprint density at radius 2 is 2.40 bits per heavy atom. The lowest BCUT2D eigenvalue weighted by molar-refractivity contribution is 0.179. The van der Waals surface area contributed by atoms with E-state index in [9.17, 15) is 0 Å². The summed E-state index contributed by atoms with van der Waals surface area (Å²) >= 11 is 0. The number of nitrogens with zero attached hydrogens (tertiary/aromatic N) is 3. The summed E-state index contributed by atoms with van der Waals surface area (Å²) < 4.78 is 7.84. The van der Waals surface area contributed by atoms with E-state index in [0.29, 0.717) is 11.5 Å². The molecule has 1 aromatic heterocycles. The molecule has 4 heteroatoms. The van der Waals surface area contributed by atoms with Crippen LogP contribution in [0.25, 0.3) is 11.0 Å². The molecular weight excluding hydrogens is 250 g/mol. The highest BCUT2D eigenvalue weighted by molar-refractivity contribution is 5.76. The van der Waals surface area contributed by atoms with E-state index < -0.39 is 0 Å². The molecule has 0 radical (unpaired) electrons. The summed E-state index contributed by atoms with van der Waals surface area (Å²) in [5.74, 6) is 0.661. The molecule has 2 fully saturated rings. The highest BCUT2D eigenvalue weighted by Crippen LogP contribution is 2.44. The molecule has 2 aliphatic rings. The van der Waals surface area contributed by atoms with Crippen molar-refractivity contribution in [3.63, 3.8) is 0 Å². The minimum absolute atomic E-state index is 0.219. The zero-order chi connectivity index (χ0) is 13.6. The summed E-state index contributed by atoms with van der Waals surface area (Å²) in [4.78, 5) is 4.43. The largest absolute Gasteiger partial charge is 0.370 e. The van der Waals surface area contributed by atoms with E-state index in [2.05, 4.69) is 15.6 Å². The van der Waals surface area contributed by atoms with Crippen molar-refractivity contribution in [1.82, 2.24) is 9.55 Å². The lowest BCUT2D eigenvalue weighted by Crippen LogP contribution is -2.25. The zero-order valence-electron chi connectivity index (χ0n) is 11.4. The third-order valence-corrected chi connectivity index (χ3v) is 4.66. The maximum absolute atomic E-state index is 9.03. The number of epoxide rings is 1. The fourth-order valence-corrected chi connectivity index (χ4v) is 3.51. The summed E-state index contributed by atoms with van der Waals surface area (Å²) in [6.45, 7) is 1.93. The normalized spacial score (nSPS) is 28.6. The second-order valence-electron chi connectivity index (χ2n) is 6.15. The molecule has 0 bridgehead atoms. The van der Waals surface area contributed by atoms with Gasteiger partial charge in [-0.1, -0.05) is 6.42 Å². The first-order valence-electron chi connectivity index (χ1n) is 7.27. The van der Waals surface area contributed by atoms with Crippen molar-refractivity contribution in [1.29, 1.82) is 5.26 Å². The summed E-state index contributed by atoms with van der Waals surface area (Å²) in [7, 11) is 0. The molecule has 2 aromatic rings. The lowest BCUT2D eigenvalue weighted by Gasteiger charge is -2.27. The topological polar surface area (TPSA) is 54.1 Å². The van der Waals surface area contributed by atoms with Gasteiger partial charge in [0, 0.05) is 6.54 Å². The Kier molecular flexibility index (Phi) is 2.58. The highest BCUT2D eigenvalue weighted by Gasteiger charge is 2.47. The second-order valence-corrected chi connectivity index (χ2v) is 6.15. The van der Waals surface area contributed by atoms with Gasteiger partial charge in [0.2, 0.25) is 0 Å². The van der Waals surface area contributed by atoms with Crippen molar-refractivity contribution >= 4 is 11.0 Å². The number of nitriles is 1. The standard InChI is InChI=1S/C16H17N3O/c17-8-12-3-4-14-15(6-12)19(11-18-14)9-13-2-1-5-16(7-13)10-20-16/h3-4,6,11,13H,1-2,5,7,9-10H2/t13-,16?/m0/s1. The Balaban J connectivity index is 1.60. The van der Waals surface area contributed by atoms with Crippen molar-refractivity contribution in [2.24, 2.45) is 5.92 Å². The van der Waals surface area contributed by atoms with Crippen LogP contribution in [0.2, 0.25) is 0 Å². The van der Waals surface area contributed by atoms with Gasteiger partial charge in [0.1, 0.15) is 0 Å². The van der Waals surface area contributed by atoms with E-state index in [4.69, 9.17) is 10.00 Å². The van der Waals surface area contributed by atoms with Crippen molar-refractivity contribution in [3.05, 3.63) is 30.1 Å². The number of fused-ring (bicyclic) bond motifs is 1. The Morgan fingerprint density at radius 1 is 1.50 bits per heavy atom. The highest BCUT2D eigenvalue weighted by atomic mass is 16.6. The van der Waals surface area contributed by atoms with E-state index in [-0.39, 0.29) is 5.60 Å².